The van der Waals surface area contributed by atoms with Crippen molar-refractivity contribution in [3.8, 4) is 0 Å². The zero-order valence-corrected chi connectivity index (χ0v) is 19.1. The Kier molecular flexibility index (Phi) is 7.94. The molecule has 0 radical (unpaired) electrons. The van der Waals surface area contributed by atoms with E-state index in [2.05, 4.69) is 15.2 Å². The SMILES string of the molecule is CNC[C@@H](O)[C@H](c1ccccc1)n1ccc2cc(C(=O)Nc3cccc(Cl)c3)ccc21.Cl. The van der Waals surface area contributed by atoms with Crippen LogP contribution in [0.5, 0.6) is 0 Å². The number of hydrogen-bond donors (Lipinski definition) is 3. The molecule has 7 heteroatoms. The van der Waals surface area contributed by atoms with Crippen molar-refractivity contribution in [3.05, 3.63) is 101 Å². The number of halogens is 2. The fourth-order valence-corrected chi connectivity index (χ4v) is 4.05. The summed E-state index contributed by atoms with van der Waals surface area (Å²) in [4.78, 5) is 12.7. The summed E-state index contributed by atoms with van der Waals surface area (Å²) >= 11 is 6.00. The van der Waals surface area contributed by atoms with Crippen LogP contribution < -0.4 is 10.6 Å². The summed E-state index contributed by atoms with van der Waals surface area (Å²) in [5.74, 6) is -0.202. The van der Waals surface area contributed by atoms with Gasteiger partial charge < -0.3 is 20.3 Å². The summed E-state index contributed by atoms with van der Waals surface area (Å²) in [6, 6.07) is 24.3. The number of nitrogens with one attached hydrogen (secondary N) is 2. The first-order valence-electron chi connectivity index (χ1n) is 10.1. The Hall–Kier alpha value is -2.83. The molecule has 0 unspecified atom stereocenters. The molecule has 0 saturated heterocycles. The maximum atomic E-state index is 12.7. The van der Waals surface area contributed by atoms with Gasteiger partial charge >= 0.3 is 0 Å². The molecular formula is C25H25Cl2N3O2. The molecule has 0 aliphatic carbocycles. The highest BCUT2D eigenvalue weighted by atomic mass is 35.5. The lowest BCUT2D eigenvalue weighted by atomic mass is 10.0. The highest BCUT2D eigenvalue weighted by Crippen LogP contribution is 2.29. The van der Waals surface area contributed by atoms with Gasteiger partial charge in [0.05, 0.1) is 12.1 Å². The first-order chi connectivity index (χ1) is 15.1. The smallest absolute Gasteiger partial charge is 0.255 e. The summed E-state index contributed by atoms with van der Waals surface area (Å²) in [5.41, 5.74) is 3.17. The lowest BCUT2D eigenvalue weighted by Crippen LogP contribution is -2.33. The van der Waals surface area contributed by atoms with Crippen molar-refractivity contribution < 1.29 is 9.90 Å². The Labute approximate surface area is 198 Å². The molecule has 166 valence electrons. The molecule has 0 aliphatic rings. The van der Waals surface area contributed by atoms with Crippen LogP contribution in [0.1, 0.15) is 22.0 Å². The van der Waals surface area contributed by atoms with Crippen LogP contribution in [-0.2, 0) is 0 Å². The van der Waals surface area contributed by atoms with Crippen molar-refractivity contribution in [1.82, 2.24) is 9.88 Å². The van der Waals surface area contributed by atoms with Crippen molar-refractivity contribution in [2.45, 2.75) is 12.1 Å². The molecule has 4 aromatic rings. The van der Waals surface area contributed by atoms with E-state index in [1.807, 2.05) is 61.8 Å². The molecule has 1 heterocycles. The predicted molar refractivity (Wildman–Crippen MR) is 133 cm³/mol. The van der Waals surface area contributed by atoms with Gasteiger partial charge in [-0.2, -0.15) is 0 Å². The fraction of sp³-hybridized carbons (Fsp3) is 0.160. The first-order valence-corrected chi connectivity index (χ1v) is 10.5. The Morgan fingerprint density at radius 1 is 1.03 bits per heavy atom. The zero-order chi connectivity index (χ0) is 21.8. The van der Waals surface area contributed by atoms with Crippen LogP contribution in [-0.4, -0.2) is 35.3 Å². The first kappa shape index (κ1) is 23.8. The molecule has 1 aromatic heterocycles. The number of aliphatic hydroxyl groups is 1. The van der Waals surface area contributed by atoms with E-state index in [0.29, 0.717) is 22.8 Å². The minimum absolute atomic E-state index is 0. The number of carbonyl (C=O) groups excluding carboxylic acids is 1. The molecule has 2 atom stereocenters. The molecule has 1 amide bonds. The van der Waals surface area contributed by atoms with Crippen LogP contribution in [0.2, 0.25) is 5.02 Å². The molecule has 0 saturated carbocycles. The molecule has 5 nitrogen and oxygen atoms in total. The van der Waals surface area contributed by atoms with Crippen molar-refractivity contribution in [2.75, 3.05) is 18.9 Å². The molecule has 3 aromatic carbocycles. The van der Waals surface area contributed by atoms with Crippen molar-refractivity contribution >= 4 is 46.5 Å². The summed E-state index contributed by atoms with van der Waals surface area (Å²) < 4.78 is 2.06. The molecule has 0 spiro atoms. The van der Waals surface area contributed by atoms with Gasteiger partial charge in [-0.25, -0.2) is 0 Å². The van der Waals surface area contributed by atoms with Gasteiger partial charge in [-0.3, -0.25) is 4.79 Å². The van der Waals surface area contributed by atoms with Gasteiger partial charge in [0.2, 0.25) is 0 Å². The van der Waals surface area contributed by atoms with E-state index in [1.165, 1.54) is 0 Å². The zero-order valence-electron chi connectivity index (χ0n) is 17.5. The van der Waals surface area contributed by atoms with Crippen LogP contribution >= 0.6 is 24.0 Å². The van der Waals surface area contributed by atoms with Crippen LogP contribution in [0.3, 0.4) is 0 Å². The lowest BCUT2D eigenvalue weighted by molar-refractivity contribution is 0.102. The van der Waals surface area contributed by atoms with E-state index < -0.39 is 6.10 Å². The Bertz CT molecular complexity index is 1190. The van der Waals surface area contributed by atoms with Crippen molar-refractivity contribution in [2.24, 2.45) is 0 Å². The van der Waals surface area contributed by atoms with Crippen molar-refractivity contribution in [3.63, 3.8) is 0 Å². The third-order valence-electron chi connectivity index (χ3n) is 5.28. The number of carbonyl (C=O) groups is 1. The molecule has 0 aliphatic heterocycles. The van der Waals surface area contributed by atoms with E-state index in [0.717, 1.165) is 16.5 Å². The number of aromatic nitrogens is 1. The van der Waals surface area contributed by atoms with Gasteiger partial charge in [0, 0.05) is 39.9 Å². The average molecular weight is 470 g/mol. The standard InChI is InChI=1S/C25H24ClN3O2.ClH/c1-27-16-23(30)24(17-6-3-2-4-7-17)29-13-12-18-14-19(10-11-22(18)29)25(31)28-21-9-5-8-20(26)15-21;/h2-15,23-24,27,30H,16H2,1H3,(H,28,31);1H/t23-,24+;/m1./s1. The number of fused-ring (bicyclic) bond motifs is 1. The molecule has 3 N–H and O–H groups in total. The minimum atomic E-state index is -0.617. The summed E-state index contributed by atoms with van der Waals surface area (Å²) in [7, 11) is 1.82. The van der Waals surface area contributed by atoms with Gasteiger partial charge in [-0.05, 0) is 55.1 Å². The van der Waals surface area contributed by atoms with E-state index in [-0.39, 0.29) is 24.4 Å². The van der Waals surface area contributed by atoms with Gasteiger partial charge in [-0.15, -0.1) is 12.4 Å². The number of hydrogen-bond acceptors (Lipinski definition) is 3. The monoisotopic (exact) mass is 469 g/mol. The summed E-state index contributed by atoms with van der Waals surface area (Å²) in [5, 5.41) is 18.3. The predicted octanol–water partition coefficient (Wildman–Crippen LogP) is 5.14. The third-order valence-corrected chi connectivity index (χ3v) is 5.52. The molecule has 0 fully saturated rings. The summed E-state index contributed by atoms with van der Waals surface area (Å²) in [6.45, 7) is 0.458. The van der Waals surface area contributed by atoms with E-state index in [4.69, 9.17) is 11.6 Å². The Morgan fingerprint density at radius 2 is 1.81 bits per heavy atom. The van der Waals surface area contributed by atoms with E-state index >= 15 is 0 Å². The Morgan fingerprint density at radius 3 is 2.53 bits per heavy atom. The molecular weight excluding hydrogens is 445 g/mol. The number of aliphatic hydroxyl groups excluding tert-OH is 1. The quantitative estimate of drug-likeness (QED) is 0.351. The normalized spacial score (nSPS) is 12.7. The number of anilines is 1. The number of benzene rings is 3. The fourth-order valence-electron chi connectivity index (χ4n) is 3.86. The number of amides is 1. The summed E-state index contributed by atoms with van der Waals surface area (Å²) in [6.07, 6.45) is 1.34. The second-order valence-electron chi connectivity index (χ2n) is 7.44. The average Bonchev–Trinajstić information content (AvgIpc) is 3.18. The number of rotatable bonds is 7. The third kappa shape index (κ3) is 5.14. The van der Waals surface area contributed by atoms with E-state index in [9.17, 15) is 9.90 Å². The largest absolute Gasteiger partial charge is 0.389 e. The van der Waals surface area contributed by atoms with Crippen LogP contribution in [0.15, 0.2) is 85.1 Å². The molecule has 4 rings (SSSR count). The van der Waals surface area contributed by atoms with Gasteiger partial charge in [0.15, 0.2) is 0 Å². The van der Waals surface area contributed by atoms with Gasteiger partial charge in [-0.1, -0.05) is 48.0 Å². The molecule has 32 heavy (non-hydrogen) atoms. The highest BCUT2D eigenvalue weighted by molar-refractivity contribution is 6.31. The Balaban J connectivity index is 0.00000289. The molecule has 0 bridgehead atoms. The van der Waals surface area contributed by atoms with Crippen LogP contribution in [0, 0.1) is 0 Å². The van der Waals surface area contributed by atoms with Gasteiger partial charge in [0.25, 0.3) is 5.91 Å². The number of likely N-dealkylation sites (N-methyl/N-ethyl adjacent to an activating group) is 1. The second-order valence-corrected chi connectivity index (χ2v) is 7.88. The van der Waals surface area contributed by atoms with Crippen LogP contribution in [0.25, 0.3) is 10.9 Å². The van der Waals surface area contributed by atoms with Gasteiger partial charge in [0.1, 0.15) is 0 Å². The van der Waals surface area contributed by atoms with E-state index in [1.54, 1.807) is 30.3 Å². The van der Waals surface area contributed by atoms with Crippen molar-refractivity contribution in [1.29, 1.82) is 0 Å². The lowest BCUT2D eigenvalue weighted by Gasteiger charge is -2.26. The maximum Gasteiger partial charge on any atom is 0.255 e. The highest BCUT2D eigenvalue weighted by Gasteiger charge is 2.23. The second kappa shape index (κ2) is 10.7. The maximum absolute atomic E-state index is 12.7. The minimum Gasteiger partial charge on any atom is -0.389 e. The number of nitrogens with zero attached hydrogens (tertiary/aromatic N) is 1. The topological polar surface area (TPSA) is 66.3 Å². The van der Waals surface area contributed by atoms with Crippen LogP contribution in [0.4, 0.5) is 5.69 Å².